The van der Waals surface area contributed by atoms with E-state index >= 15 is 0 Å². The van der Waals surface area contributed by atoms with E-state index in [1.165, 1.54) is 12.3 Å². The van der Waals surface area contributed by atoms with Gasteiger partial charge in [-0.1, -0.05) is 29.8 Å². The zero-order chi connectivity index (χ0) is 21.5. The van der Waals surface area contributed by atoms with E-state index in [4.69, 9.17) is 16.3 Å². The minimum absolute atomic E-state index is 0.0431. The fourth-order valence-electron chi connectivity index (χ4n) is 2.48. The van der Waals surface area contributed by atoms with Crippen molar-refractivity contribution in [1.82, 2.24) is 0 Å². The Balaban J connectivity index is 1.62. The molecule has 152 valence electrons. The Morgan fingerprint density at radius 1 is 1.00 bits per heavy atom. The average molecular weight is 427 g/mol. The fraction of sp³-hybridized carbons (Fsp3) is 0.0500. The van der Waals surface area contributed by atoms with Gasteiger partial charge in [0.15, 0.2) is 0 Å². The molecule has 0 aliphatic heterocycles. The topological polar surface area (TPSA) is 120 Å². The lowest BCUT2D eigenvalue weighted by Gasteiger charge is -2.07. The summed E-state index contributed by atoms with van der Waals surface area (Å²) in [6, 6.07) is 17.7. The van der Waals surface area contributed by atoms with Crippen LogP contribution in [-0.4, -0.2) is 16.1 Å². The third-order valence-corrected chi connectivity index (χ3v) is 4.39. The largest absolute Gasteiger partial charge is 0.489 e. The molecule has 0 bridgehead atoms. The summed E-state index contributed by atoms with van der Waals surface area (Å²) in [4.78, 5) is 20.5. The van der Waals surface area contributed by atoms with Crippen molar-refractivity contribution in [2.24, 2.45) is 5.10 Å². The highest BCUT2D eigenvalue weighted by atomic mass is 35.5. The lowest BCUT2D eigenvalue weighted by Crippen LogP contribution is -1.99. The second-order valence-electron chi connectivity index (χ2n) is 6.03. The average Bonchev–Trinajstić information content (AvgIpc) is 2.74. The summed E-state index contributed by atoms with van der Waals surface area (Å²) in [5, 5.41) is 26.5. The number of nitrogens with one attached hydrogen (secondary N) is 1. The van der Waals surface area contributed by atoms with Crippen molar-refractivity contribution in [3.63, 3.8) is 0 Å². The van der Waals surface area contributed by atoms with Crippen molar-refractivity contribution in [3.05, 3.63) is 103 Å². The van der Waals surface area contributed by atoms with E-state index in [-0.39, 0.29) is 11.4 Å². The van der Waals surface area contributed by atoms with Crippen molar-refractivity contribution in [2.45, 2.75) is 6.61 Å². The Hall–Kier alpha value is -3.98. The van der Waals surface area contributed by atoms with Gasteiger partial charge in [0, 0.05) is 16.7 Å². The van der Waals surface area contributed by atoms with Gasteiger partial charge in [-0.25, -0.2) is 0 Å². The van der Waals surface area contributed by atoms with Gasteiger partial charge in [0.1, 0.15) is 18.0 Å². The monoisotopic (exact) mass is 426 g/mol. The number of nitro benzene ring substituents is 2. The lowest BCUT2D eigenvalue weighted by atomic mass is 10.2. The fourth-order valence-corrected chi connectivity index (χ4v) is 2.67. The number of halogens is 1. The molecule has 0 aliphatic carbocycles. The first-order valence-corrected chi connectivity index (χ1v) is 9.00. The summed E-state index contributed by atoms with van der Waals surface area (Å²) in [6.07, 6.45) is 1.46. The summed E-state index contributed by atoms with van der Waals surface area (Å²) < 4.78 is 5.70. The van der Waals surface area contributed by atoms with Gasteiger partial charge in [-0.2, -0.15) is 5.10 Å². The molecule has 0 unspecified atom stereocenters. The summed E-state index contributed by atoms with van der Waals surface area (Å²) in [5.74, 6) is 0.644. The van der Waals surface area contributed by atoms with Gasteiger partial charge in [0.25, 0.3) is 5.69 Å². The van der Waals surface area contributed by atoms with Gasteiger partial charge in [0.2, 0.25) is 0 Å². The van der Waals surface area contributed by atoms with E-state index in [1.807, 2.05) is 18.2 Å². The van der Waals surface area contributed by atoms with Crippen LogP contribution in [0.3, 0.4) is 0 Å². The van der Waals surface area contributed by atoms with Crippen molar-refractivity contribution in [2.75, 3.05) is 5.43 Å². The molecule has 0 fully saturated rings. The second-order valence-corrected chi connectivity index (χ2v) is 6.44. The zero-order valence-corrected chi connectivity index (χ0v) is 16.2. The number of anilines is 1. The molecule has 0 atom stereocenters. The van der Waals surface area contributed by atoms with Gasteiger partial charge in [-0.3, -0.25) is 25.7 Å². The maximum Gasteiger partial charge on any atom is 0.301 e. The first kappa shape index (κ1) is 20.7. The Kier molecular flexibility index (Phi) is 6.56. The molecule has 3 aromatic rings. The van der Waals surface area contributed by atoms with Crippen molar-refractivity contribution >= 4 is 34.9 Å². The van der Waals surface area contributed by atoms with Gasteiger partial charge in [-0.05, 0) is 42.0 Å². The molecule has 0 saturated carbocycles. The van der Waals surface area contributed by atoms with Crippen molar-refractivity contribution < 1.29 is 14.6 Å². The normalized spacial score (nSPS) is 10.7. The third kappa shape index (κ3) is 5.30. The Morgan fingerprint density at radius 3 is 2.40 bits per heavy atom. The number of nitrogens with zero attached hydrogens (tertiary/aromatic N) is 3. The Morgan fingerprint density at radius 2 is 1.73 bits per heavy atom. The maximum absolute atomic E-state index is 11.1. The molecule has 0 amide bonds. The van der Waals surface area contributed by atoms with Crippen LogP contribution in [0.1, 0.15) is 11.1 Å². The quantitative estimate of drug-likeness (QED) is 0.301. The molecule has 1 N–H and O–H groups in total. The molecule has 3 aromatic carbocycles. The van der Waals surface area contributed by atoms with Crippen molar-refractivity contribution in [1.29, 1.82) is 0 Å². The predicted octanol–water partition coefficient (Wildman–Crippen LogP) is 5.18. The summed E-state index contributed by atoms with van der Waals surface area (Å²) in [5.41, 5.74) is 3.36. The molecule has 0 saturated heterocycles. The van der Waals surface area contributed by atoms with Crippen LogP contribution in [0.25, 0.3) is 0 Å². The van der Waals surface area contributed by atoms with Crippen LogP contribution < -0.4 is 10.2 Å². The molecule has 3 rings (SSSR count). The first-order valence-electron chi connectivity index (χ1n) is 8.62. The van der Waals surface area contributed by atoms with Gasteiger partial charge in [0.05, 0.1) is 22.1 Å². The summed E-state index contributed by atoms with van der Waals surface area (Å²) >= 11 is 6.10. The van der Waals surface area contributed by atoms with Gasteiger partial charge in [-0.15, -0.1) is 0 Å². The number of rotatable bonds is 8. The van der Waals surface area contributed by atoms with Crippen LogP contribution in [0, 0.1) is 20.2 Å². The van der Waals surface area contributed by atoms with Crippen LogP contribution in [0.5, 0.6) is 5.75 Å². The Labute approximate surface area is 175 Å². The van der Waals surface area contributed by atoms with Crippen LogP contribution in [0.4, 0.5) is 17.1 Å². The molecule has 0 aromatic heterocycles. The summed E-state index contributed by atoms with van der Waals surface area (Å²) in [7, 11) is 0. The standard InChI is InChI=1S/C20H15ClN4O5/c21-18-4-2-1-3-15(18)13-30-17-8-5-14(6-9-17)12-22-23-19-10-7-16(24(26)27)11-20(19)25(28)29/h1-12,23H,13H2/b22-12-. The molecule has 9 nitrogen and oxygen atoms in total. The number of ether oxygens (including phenoxy) is 1. The number of nitro groups is 2. The van der Waals surface area contributed by atoms with Crippen LogP contribution in [-0.2, 0) is 6.61 Å². The van der Waals surface area contributed by atoms with Crippen LogP contribution in [0.2, 0.25) is 5.02 Å². The minimum Gasteiger partial charge on any atom is -0.489 e. The smallest absolute Gasteiger partial charge is 0.301 e. The zero-order valence-electron chi connectivity index (χ0n) is 15.4. The van der Waals surface area contributed by atoms with E-state index in [0.717, 1.165) is 23.3 Å². The van der Waals surface area contributed by atoms with E-state index in [2.05, 4.69) is 10.5 Å². The number of benzene rings is 3. The number of hydrogen-bond acceptors (Lipinski definition) is 7. The second kappa shape index (κ2) is 9.48. The first-order chi connectivity index (χ1) is 14.4. The molecular formula is C20H15ClN4O5. The van der Waals surface area contributed by atoms with E-state index < -0.39 is 15.5 Å². The molecule has 0 aliphatic rings. The van der Waals surface area contributed by atoms with E-state index in [0.29, 0.717) is 17.4 Å². The van der Waals surface area contributed by atoms with Crippen LogP contribution >= 0.6 is 11.6 Å². The molecule has 30 heavy (non-hydrogen) atoms. The van der Waals surface area contributed by atoms with Gasteiger partial charge >= 0.3 is 5.69 Å². The molecular weight excluding hydrogens is 412 g/mol. The molecule has 0 heterocycles. The highest BCUT2D eigenvalue weighted by Crippen LogP contribution is 2.28. The van der Waals surface area contributed by atoms with Crippen molar-refractivity contribution in [3.8, 4) is 5.75 Å². The molecule has 0 spiro atoms. The summed E-state index contributed by atoms with van der Waals surface area (Å²) in [6.45, 7) is 0.332. The number of hydrazone groups is 1. The van der Waals surface area contributed by atoms with E-state index in [9.17, 15) is 20.2 Å². The Bertz CT molecular complexity index is 1100. The highest BCUT2D eigenvalue weighted by molar-refractivity contribution is 6.31. The number of hydrogen-bond donors (Lipinski definition) is 1. The highest BCUT2D eigenvalue weighted by Gasteiger charge is 2.19. The predicted molar refractivity (Wildman–Crippen MR) is 113 cm³/mol. The lowest BCUT2D eigenvalue weighted by molar-refractivity contribution is -0.393. The molecule has 10 heteroatoms. The number of non-ortho nitro benzene ring substituents is 1. The molecule has 0 radical (unpaired) electrons. The minimum atomic E-state index is -0.712. The maximum atomic E-state index is 11.1. The van der Waals surface area contributed by atoms with E-state index in [1.54, 1.807) is 30.3 Å². The third-order valence-electron chi connectivity index (χ3n) is 4.02. The van der Waals surface area contributed by atoms with Crippen LogP contribution in [0.15, 0.2) is 71.8 Å². The van der Waals surface area contributed by atoms with Gasteiger partial charge < -0.3 is 4.74 Å². The SMILES string of the molecule is O=[N+]([O-])c1ccc(N/N=C\c2ccc(OCc3ccccc3Cl)cc2)c([N+](=O)[O-])c1.